The maximum Gasteiger partial charge on any atom is 0.356 e. The summed E-state index contributed by atoms with van der Waals surface area (Å²) in [5.74, 6) is -1.49. The number of carboxylic acid groups (broad SMARTS) is 1. The number of aromatic carboxylic acids is 1. The molecule has 0 fully saturated rings. The monoisotopic (exact) mass is 451 g/mol. The third-order valence-electron chi connectivity index (χ3n) is 3.77. The van der Waals surface area contributed by atoms with E-state index in [-0.39, 0.29) is 16.3 Å². The Hall–Kier alpha value is -3.46. The highest BCUT2D eigenvalue weighted by Crippen LogP contribution is 2.21. The summed E-state index contributed by atoms with van der Waals surface area (Å²) in [6.45, 7) is 0. The van der Waals surface area contributed by atoms with Crippen molar-refractivity contribution in [1.82, 2.24) is 9.78 Å². The number of azo groups is 1. The van der Waals surface area contributed by atoms with Gasteiger partial charge in [0.15, 0.2) is 11.4 Å². The third kappa shape index (κ3) is 4.41. The smallest absolute Gasteiger partial charge is 0.356 e. The Morgan fingerprint density at radius 1 is 1.07 bits per heavy atom. The molecule has 0 aliphatic carbocycles. The summed E-state index contributed by atoms with van der Waals surface area (Å²) < 4.78 is 53.8. The Morgan fingerprint density at radius 2 is 1.67 bits per heavy atom. The first-order valence-corrected chi connectivity index (χ1v) is 10.4. The van der Waals surface area contributed by atoms with Gasteiger partial charge in [-0.05, 0) is 59.6 Å². The summed E-state index contributed by atoms with van der Waals surface area (Å²) in [5, 5.41) is 19.1. The van der Waals surface area contributed by atoms with Crippen molar-refractivity contribution in [3.63, 3.8) is 0 Å². The molecule has 0 saturated carbocycles. The van der Waals surface area contributed by atoms with Gasteiger partial charge in [-0.15, -0.1) is 5.11 Å². The second kappa shape index (κ2) is 8.11. The molecular formula is C16H11N4O8S2-. The average Bonchev–Trinajstić information content (AvgIpc) is 3.02. The van der Waals surface area contributed by atoms with Crippen LogP contribution >= 0.6 is 0 Å². The van der Waals surface area contributed by atoms with Gasteiger partial charge in [-0.3, -0.25) is 18.7 Å². The number of aromatic nitrogens is 2. The largest absolute Gasteiger partial charge is 0.768 e. The van der Waals surface area contributed by atoms with Gasteiger partial charge >= 0.3 is 5.97 Å². The van der Waals surface area contributed by atoms with E-state index in [0.717, 1.165) is 16.8 Å². The minimum Gasteiger partial charge on any atom is -0.768 e. The first-order chi connectivity index (χ1) is 14.1. The van der Waals surface area contributed by atoms with Crippen LogP contribution in [0.4, 0.5) is 11.4 Å². The molecule has 0 radical (unpaired) electrons. The summed E-state index contributed by atoms with van der Waals surface area (Å²) in [6.07, 6.45) is 0. The van der Waals surface area contributed by atoms with Gasteiger partial charge in [0.1, 0.15) is 0 Å². The Morgan fingerprint density at radius 3 is 2.17 bits per heavy atom. The van der Waals surface area contributed by atoms with Crippen LogP contribution in [0.1, 0.15) is 10.5 Å². The molecule has 1 atom stereocenters. The predicted octanol–water partition coefficient (Wildman–Crippen LogP) is 1.76. The van der Waals surface area contributed by atoms with Crippen molar-refractivity contribution >= 4 is 38.5 Å². The minimum absolute atomic E-state index is 0.0116. The maximum absolute atomic E-state index is 12.6. The van der Waals surface area contributed by atoms with E-state index in [9.17, 15) is 31.9 Å². The average molecular weight is 451 g/mol. The van der Waals surface area contributed by atoms with Crippen molar-refractivity contribution < 1.29 is 31.6 Å². The fourth-order valence-electron chi connectivity index (χ4n) is 2.35. The van der Waals surface area contributed by atoms with Gasteiger partial charge in [-0.1, -0.05) is 0 Å². The van der Waals surface area contributed by atoms with Gasteiger partial charge in [0.2, 0.25) is 0 Å². The molecule has 2 aromatic carbocycles. The Balaban J connectivity index is 2.01. The summed E-state index contributed by atoms with van der Waals surface area (Å²) in [5.41, 5.74) is -1.73. The molecule has 0 aliphatic rings. The van der Waals surface area contributed by atoms with Crippen molar-refractivity contribution in [1.29, 1.82) is 0 Å². The van der Waals surface area contributed by atoms with Gasteiger partial charge in [0, 0.05) is 4.90 Å². The van der Waals surface area contributed by atoms with Gasteiger partial charge in [-0.2, -0.15) is 13.5 Å². The van der Waals surface area contributed by atoms with Crippen LogP contribution in [0, 0.1) is 0 Å². The number of carbonyl (C=O) groups is 1. The van der Waals surface area contributed by atoms with Crippen LogP contribution < -0.4 is 5.56 Å². The zero-order chi connectivity index (χ0) is 22.1. The predicted molar refractivity (Wildman–Crippen MR) is 101 cm³/mol. The molecule has 0 bridgehead atoms. The zero-order valence-electron chi connectivity index (χ0n) is 14.6. The minimum atomic E-state index is -4.44. The van der Waals surface area contributed by atoms with Gasteiger partial charge < -0.3 is 9.66 Å². The number of nitrogens with one attached hydrogen (secondary N) is 1. The molecule has 12 nitrogen and oxygen atoms in total. The van der Waals surface area contributed by atoms with E-state index >= 15 is 0 Å². The van der Waals surface area contributed by atoms with Crippen LogP contribution in [-0.2, 0) is 21.2 Å². The fraction of sp³-hybridized carbons (Fsp3) is 0. The lowest BCUT2D eigenvalue weighted by Crippen LogP contribution is -2.14. The maximum atomic E-state index is 12.6. The van der Waals surface area contributed by atoms with E-state index in [0.29, 0.717) is 0 Å². The van der Waals surface area contributed by atoms with E-state index in [1.54, 1.807) is 0 Å². The van der Waals surface area contributed by atoms with E-state index in [1.165, 1.54) is 36.4 Å². The van der Waals surface area contributed by atoms with Crippen LogP contribution in [-0.4, -0.2) is 42.6 Å². The second-order valence-corrected chi connectivity index (χ2v) is 8.04. The SMILES string of the molecule is O=C(O)c1[nH]n(-c2ccc(S(=O)(=O)O)cc2)c(=O)c1N=Nc1ccc(S(=O)[O-])cc1. The summed E-state index contributed by atoms with van der Waals surface area (Å²) >= 11 is -2.43. The van der Waals surface area contributed by atoms with Crippen molar-refractivity contribution in [3.05, 3.63) is 64.6 Å². The van der Waals surface area contributed by atoms with Crippen molar-refractivity contribution in [2.24, 2.45) is 10.2 Å². The normalized spacial score (nSPS) is 12.9. The number of hydrogen-bond donors (Lipinski definition) is 3. The zero-order valence-corrected chi connectivity index (χ0v) is 16.3. The molecule has 14 heteroatoms. The quantitative estimate of drug-likeness (QED) is 0.286. The van der Waals surface area contributed by atoms with Gasteiger partial charge in [0.05, 0.1) is 16.3 Å². The number of hydrogen-bond acceptors (Lipinski definition) is 8. The second-order valence-electron chi connectivity index (χ2n) is 5.68. The summed E-state index contributed by atoms with van der Waals surface area (Å²) in [4.78, 5) is 23.7. The third-order valence-corrected chi connectivity index (χ3v) is 5.29. The van der Waals surface area contributed by atoms with E-state index in [4.69, 9.17) is 4.55 Å². The number of rotatable bonds is 6. The fourth-order valence-corrected chi connectivity index (χ4v) is 3.19. The molecule has 156 valence electrons. The molecule has 0 aliphatic heterocycles. The molecule has 3 aromatic rings. The highest BCUT2D eigenvalue weighted by Gasteiger charge is 2.21. The molecule has 0 spiro atoms. The van der Waals surface area contributed by atoms with E-state index in [1.807, 2.05) is 0 Å². The Bertz CT molecular complexity index is 1320. The van der Waals surface area contributed by atoms with Crippen LogP contribution in [0.25, 0.3) is 5.69 Å². The summed E-state index contributed by atoms with van der Waals surface area (Å²) in [6, 6.07) is 9.54. The molecule has 30 heavy (non-hydrogen) atoms. The summed E-state index contributed by atoms with van der Waals surface area (Å²) in [7, 11) is -4.44. The lowest BCUT2D eigenvalue weighted by molar-refractivity contribution is 0.0690. The first-order valence-electron chi connectivity index (χ1n) is 7.85. The standard InChI is InChI=1S/C16H12N4O8S2/c21-15-13(18-17-9-1-5-11(6-2-9)29(24)25)14(16(22)23)19-20(15)10-3-7-12(8-4-10)30(26,27)28/h1-8,19H,(H,22,23)(H,24,25)(H,26,27,28)/p-1. The number of H-pyrrole nitrogens is 1. The van der Waals surface area contributed by atoms with Crippen LogP contribution in [0.3, 0.4) is 0 Å². The molecule has 3 N–H and O–H groups in total. The lowest BCUT2D eigenvalue weighted by Gasteiger charge is -2.03. The van der Waals surface area contributed by atoms with Crippen molar-refractivity contribution in [2.45, 2.75) is 9.79 Å². The van der Waals surface area contributed by atoms with Gasteiger partial charge in [0.25, 0.3) is 15.7 Å². The van der Waals surface area contributed by atoms with Gasteiger partial charge in [-0.25, -0.2) is 9.48 Å². The number of aromatic amines is 1. The van der Waals surface area contributed by atoms with E-state index < -0.39 is 49.0 Å². The van der Waals surface area contributed by atoms with Crippen LogP contribution in [0.15, 0.2) is 73.3 Å². The topological polar surface area (TPSA) is 194 Å². The number of nitrogens with zero attached hydrogens (tertiary/aromatic N) is 3. The van der Waals surface area contributed by atoms with Crippen LogP contribution in [0.2, 0.25) is 0 Å². The molecule has 1 heterocycles. The first kappa shape index (κ1) is 21.3. The Kier molecular flexibility index (Phi) is 5.75. The molecule has 0 amide bonds. The molecule has 1 aromatic heterocycles. The molecule has 3 rings (SSSR count). The van der Waals surface area contributed by atoms with Crippen LogP contribution in [0.5, 0.6) is 0 Å². The number of benzene rings is 2. The highest BCUT2D eigenvalue weighted by molar-refractivity contribution is 7.85. The Labute approximate surface area is 170 Å². The molecule has 1 unspecified atom stereocenters. The van der Waals surface area contributed by atoms with E-state index in [2.05, 4.69) is 15.3 Å². The van der Waals surface area contributed by atoms with Crippen molar-refractivity contribution in [2.75, 3.05) is 0 Å². The molecule has 0 saturated heterocycles. The molecular weight excluding hydrogens is 440 g/mol. The lowest BCUT2D eigenvalue weighted by atomic mass is 10.3. The van der Waals surface area contributed by atoms with Crippen molar-refractivity contribution in [3.8, 4) is 5.69 Å². The highest BCUT2D eigenvalue weighted by atomic mass is 32.2. The number of carboxylic acids is 1.